The van der Waals surface area contributed by atoms with Gasteiger partial charge in [0.25, 0.3) is 0 Å². The summed E-state index contributed by atoms with van der Waals surface area (Å²) in [7, 11) is 0. The smallest absolute Gasteiger partial charge is 0.106 e. The first-order valence-electron chi connectivity index (χ1n) is 10.4. The molecule has 1 aliphatic rings. The number of ether oxygens (including phenoxy) is 3. The zero-order chi connectivity index (χ0) is 20.4. The van der Waals surface area contributed by atoms with Crippen molar-refractivity contribution in [3.05, 3.63) is 108 Å². The third-order valence-corrected chi connectivity index (χ3v) is 6.57. The van der Waals surface area contributed by atoms with Gasteiger partial charge in [0.1, 0.15) is 5.44 Å². The maximum absolute atomic E-state index is 6.31. The van der Waals surface area contributed by atoms with E-state index in [0.717, 1.165) is 6.42 Å². The lowest BCUT2D eigenvalue weighted by atomic mass is 10.2. The summed E-state index contributed by atoms with van der Waals surface area (Å²) in [5.74, 6) is 0. The van der Waals surface area contributed by atoms with Crippen LogP contribution in [0.15, 0.2) is 91.0 Å². The summed E-state index contributed by atoms with van der Waals surface area (Å²) in [5.41, 5.74) is 3.71. The highest BCUT2D eigenvalue weighted by atomic mass is 32.2. The number of hydrogen-bond donors (Lipinski definition) is 0. The van der Waals surface area contributed by atoms with Crippen LogP contribution in [0.1, 0.15) is 23.1 Å². The molecule has 0 amide bonds. The first-order valence-corrected chi connectivity index (χ1v) is 11.4. The van der Waals surface area contributed by atoms with Crippen LogP contribution in [-0.4, -0.2) is 23.4 Å². The van der Waals surface area contributed by atoms with Gasteiger partial charge in [-0.25, -0.2) is 0 Å². The predicted molar refractivity (Wildman–Crippen MR) is 122 cm³/mol. The molecule has 3 nitrogen and oxygen atoms in total. The summed E-state index contributed by atoms with van der Waals surface area (Å²) in [6, 6.07) is 31.0. The predicted octanol–water partition coefficient (Wildman–Crippen LogP) is 5.84. The minimum Gasteiger partial charge on any atom is -0.376 e. The van der Waals surface area contributed by atoms with Crippen LogP contribution in [0.5, 0.6) is 0 Å². The lowest BCUT2D eigenvalue weighted by Crippen LogP contribution is -2.26. The highest BCUT2D eigenvalue weighted by Gasteiger charge is 2.36. The second kappa shape index (κ2) is 11.3. The van der Waals surface area contributed by atoms with Crippen LogP contribution in [0.2, 0.25) is 0 Å². The fourth-order valence-electron chi connectivity index (χ4n) is 3.52. The van der Waals surface area contributed by atoms with Gasteiger partial charge in [0.05, 0.1) is 37.8 Å². The molecule has 4 rings (SSSR count). The molecule has 3 atom stereocenters. The van der Waals surface area contributed by atoms with Crippen molar-refractivity contribution in [1.29, 1.82) is 0 Å². The van der Waals surface area contributed by atoms with Crippen LogP contribution in [-0.2, 0) is 34.0 Å². The maximum Gasteiger partial charge on any atom is 0.106 e. The molecule has 4 heteroatoms. The second-order valence-corrected chi connectivity index (χ2v) is 8.88. The van der Waals surface area contributed by atoms with Crippen LogP contribution in [0.4, 0.5) is 0 Å². The van der Waals surface area contributed by atoms with Crippen LogP contribution >= 0.6 is 11.8 Å². The Hall–Kier alpha value is -2.11. The molecule has 1 aliphatic heterocycles. The fourth-order valence-corrected chi connectivity index (χ4v) is 4.89. The van der Waals surface area contributed by atoms with E-state index in [-0.39, 0.29) is 16.8 Å². The third-order valence-electron chi connectivity index (χ3n) is 5.15. The Balaban J connectivity index is 1.31. The van der Waals surface area contributed by atoms with Crippen LogP contribution in [0, 0.1) is 0 Å². The van der Waals surface area contributed by atoms with Crippen molar-refractivity contribution in [2.24, 2.45) is 0 Å². The standard InChI is InChI=1S/C26H28O3S/c1-4-10-21(11-5-1)17-27-20-25-24(28-18-22-12-6-2-7-13-22)16-26(30-25)29-19-23-14-8-3-9-15-23/h1-15,24-26H,16-20H2/t24-,25+,26?/m0/s1. The molecule has 0 aliphatic carbocycles. The SMILES string of the molecule is c1ccc(COC[C@H]2SC(OCc3ccccc3)C[C@@H]2OCc2ccccc2)cc1. The van der Waals surface area contributed by atoms with Gasteiger partial charge in [-0.1, -0.05) is 91.0 Å². The van der Waals surface area contributed by atoms with E-state index >= 15 is 0 Å². The molecule has 0 bridgehead atoms. The van der Waals surface area contributed by atoms with Gasteiger partial charge >= 0.3 is 0 Å². The quantitative estimate of drug-likeness (QED) is 0.412. The van der Waals surface area contributed by atoms with Crippen molar-refractivity contribution >= 4 is 11.8 Å². The molecular weight excluding hydrogens is 392 g/mol. The van der Waals surface area contributed by atoms with Gasteiger partial charge in [0.2, 0.25) is 0 Å². The summed E-state index contributed by atoms with van der Waals surface area (Å²) in [6.45, 7) is 2.53. The number of benzene rings is 3. The molecule has 1 heterocycles. The summed E-state index contributed by atoms with van der Waals surface area (Å²) in [4.78, 5) is 0. The van der Waals surface area contributed by atoms with E-state index in [0.29, 0.717) is 26.4 Å². The zero-order valence-corrected chi connectivity index (χ0v) is 17.9. The molecular formula is C26H28O3S. The molecule has 0 aromatic heterocycles. The molecule has 1 fully saturated rings. The van der Waals surface area contributed by atoms with E-state index in [9.17, 15) is 0 Å². The van der Waals surface area contributed by atoms with Crippen LogP contribution < -0.4 is 0 Å². The highest BCUT2D eigenvalue weighted by molar-refractivity contribution is 8.00. The maximum atomic E-state index is 6.31. The molecule has 1 unspecified atom stereocenters. The minimum atomic E-state index is 0.117. The van der Waals surface area contributed by atoms with Crippen LogP contribution in [0.25, 0.3) is 0 Å². The van der Waals surface area contributed by atoms with Gasteiger partial charge < -0.3 is 14.2 Å². The van der Waals surface area contributed by atoms with Gasteiger partial charge in [-0.2, -0.15) is 0 Å². The molecule has 156 valence electrons. The molecule has 3 aromatic rings. The van der Waals surface area contributed by atoms with Crippen molar-refractivity contribution < 1.29 is 14.2 Å². The molecule has 0 radical (unpaired) electrons. The molecule has 0 spiro atoms. The Kier molecular flexibility index (Phi) is 7.98. The lowest BCUT2D eigenvalue weighted by molar-refractivity contribution is -0.00360. The Morgan fingerprint density at radius 3 is 1.70 bits per heavy atom. The Bertz CT molecular complexity index is 857. The van der Waals surface area contributed by atoms with Gasteiger partial charge in [-0.3, -0.25) is 0 Å². The normalized spacial score (nSPS) is 21.0. The second-order valence-electron chi connectivity index (χ2n) is 7.47. The van der Waals surface area contributed by atoms with Crippen molar-refractivity contribution in [2.75, 3.05) is 6.61 Å². The van der Waals surface area contributed by atoms with E-state index in [1.54, 1.807) is 0 Å². The monoisotopic (exact) mass is 420 g/mol. The van der Waals surface area contributed by atoms with Gasteiger partial charge in [-0.05, 0) is 16.7 Å². The summed E-state index contributed by atoms with van der Waals surface area (Å²) in [5, 5.41) is 0.262. The van der Waals surface area contributed by atoms with Gasteiger partial charge in [0, 0.05) is 6.42 Å². The topological polar surface area (TPSA) is 27.7 Å². The van der Waals surface area contributed by atoms with E-state index in [1.807, 2.05) is 66.4 Å². The van der Waals surface area contributed by atoms with Crippen molar-refractivity contribution in [1.82, 2.24) is 0 Å². The summed E-state index contributed by atoms with van der Waals surface area (Å²) in [6.07, 6.45) is 0.996. The van der Waals surface area contributed by atoms with E-state index in [1.165, 1.54) is 16.7 Å². The largest absolute Gasteiger partial charge is 0.376 e. The molecule has 30 heavy (non-hydrogen) atoms. The first-order chi connectivity index (χ1) is 14.9. The number of rotatable bonds is 10. The summed E-state index contributed by atoms with van der Waals surface area (Å²) >= 11 is 1.84. The van der Waals surface area contributed by atoms with Crippen molar-refractivity contribution in [3.63, 3.8) is 0 Å². The lowest BCUT2D eigenvalue weighted by Gasteiger charge is -2.19. The molecule has 0 saturated carbocycles. The first kappa shape index (κ1) is 21.1. The number of hydrogen-bond acceptors (Lipinski definition) is 4. The van der Waals surface area contributed by atoms with Gasteiger partial charge in [0.15, 0.2) is 0 Å². The van der Waals surface area contributed by atoms with Crippen molar-refractivity contribution in [3.8, 4) is 0 Å². The average Bonchev–Trinajstić information content (AvgIpc) is 3.20. The Morgan fingerprint density at radius 2 is 1.13 bits per heavy atom. The van der Waals surface area contributed by atoms with E-state index < -0.39 is 0 Å². The Labute approximate surface area is 183 Å². The van der Waals surface area contributed by atoms with Gasteiger partial charge in [-0.15, -0.1) is 11.8 Å². The van der Waals surface area contributed by atoms with Crippen LogP contribution in [0.3, 0.4) is 0 Å². The Morgan fingerprint density at radius 1 is 0.633 bits per heavy atom. The molecule has 0 N–H and O–H groups in total. The van der Waals surface area contributed by atoms with E-state index in [4.69, 9.17) is 14.2 Å². The third kappa shape index (κ3) is 6.44. The van der Waals surface area contributed by atoms with Crippen molar-refractivity contribution in [2.45, 2.75) is 43.0 Å². The number of thioether (sulfide) groups is 1. The molecule has 3 aromatic carbocycles. The van der Waals surface area contributed by atoms with E-state index in [2.05, 4.69) is 36.4 Å². The zero-order valence-electron chi connectivity index (χ0n) is 17.1. The average molecular weight is 421 g/mol. The fraction of sp³-hybridized carbons (Fsp3) is 0.308. The highest BCUT2D eigenvalue weighted by Crippen LogP contribution is 2.37. The molecule has 1 saturated heterocycles. The minimum absolute atomic E-state index is 0.117. The summed E-state index contributed by atoms with van der Waals surface area (Å²) < 4.78 is 18.5.